The van der Waals surface area contributed by atoms with Crippen molar-refractivity contribution in [2.75, 3.05) is 32.8 Å². The van der Waals surface area contributed by atoms with Gasteiger partial charge in [0.1, 0.15) is 0 Å². The van der Waals surface area contributed by atoms with Crippen LogP contribution in [0.3, 0.4) is 0 Å². The normalized spacial score (nSPS) is 39.5. The van der Waals surface area contributed by atoms with Gasteiger partial charge in [0.15, 0.2) is 0 Å². The summed E-state index contributed by atoms with van der Waals surface area (Å²) >= 11 is 1.79. The fraction of sp³-hybridized carbons (Fsp3) is 0.789. The lowest BCUT2D eigenvalue weighted by molar-refractivity contribution is 0.0117. The first-order valence-electron chi connectivity index (χ1n) is 9.66. The third kappa shape index (κ3) is 2.60. The summed E-state index contributed by atoms with van der Waals surface area (Å²) in [6, 6.07) is 0.743. The molecule has 6 heteroatoms. The Hall–Kier alpha value is -1.14. The molecule has 0 N–H and O–H groups in total. The smallest absolute Gasteiger partial charge is 0.409 e. The van der Waals surface area contributed by atoms with E-state index in [-0.39, 0.29) is 6.09 Å². The van der Waals surface area contributed by atoms with E-state index in [9.17, 15) is 4.79 Å². The number of fused-ring (bicyclic) bond motifs is 1. The maximum absolute atomic E-state index is 11.9. The quantitative estimate of drug-likeness (QED) is 0.830. The number of carbonyl (C=O) groups is 1. The molecule has 5 nitrogen and oxygen atoms in total. The Labute approximate surface area is 153 Å². The van der Waals surface area contributed by atoms with E-state index in [0.29, 0.717) is 12.0 Å². The molecule has 25 heavy (non-hydrogen) atoms. The lowest BCUT2D eigenvalue weighted by Crippen LogP contribution is -2.52. The molecule has 1 spiro atoms. The van der Waals surface area contributed by atoms with Crippen molar-refractivity contribution >= 4 is 17.4 Å². The third-order valence-corrected chi connectivity index (χ3v) is 7.81. The van der Waals surface area contributed by atoms with Crippen LogP contribution in [0.25, 0.3) is 0 Å². The first-order valence-corrected chi connectivity index (χ1v) is 10.5. The topological polar surface area (TPSA) is 45.7 Å². The average molecular weight is 362 g/mol. The molecule has 2 atom stereocenters. The van der Waals surface area contributed by atoms with Crippen molar-refractivity contribution in [2.45, 2.75) is 45.1 Å². The monoisotopic (exact) mass is 361 g/mol. The van der Waals surface area contributed by atoms with Gasteiger partial charge in [-0.3, -0.25) is 4.90 Å². The van der Waals surface area contributed by atoms with Crippen LogP contribution < -0.4 is 0 Å². The van der Waals surface area contributed by atoms with Crippen molar-refractivity contribution in [1.29, 1.82) is 0 Å². The fourth-order valence-electron chi connectivity index (χ4n) is 5.67. The van der Waals surface area contributed by atoms with Crippen LogP contribution in [-0.2, 0) is 4.74 Å². The number of nitrogens with zero attached hydrogens (tertiary/aromatic N) is 3. The van der Waals surface area contributed by atoms with E-state index in [1.54, 1.807) is 11.3 Å². The first kappa shape index (κ1) is 16.1. The molecular weight excluding hydrogens is 334 g/mol. The molecule has 1 aromatic heterocycles. The number of piperidine rings is 1. The Bertz CT molecular complexity index is 672. The first-order chi connectivity index (χ1) is 12.1. The summed E-state index contributed by atoms with van der Waals surface area (Å²) in [4.78, 5) is 21.3. The van der Waals surface area contributed by atoms with E-state index in [0.717, 1.165) is 43.3 Å². The molecule has 2 saturated heterocycles. The predicted molar refractivity (Wildman–Crippen MR) is 96.8 cm³/mol. The van der Waals surface area contributed by atoms with Crippen molar-refractivity contribution < 1.29 is 9.53 Å². The predicted octanol–water partition coefficient (Wildman–Crippen LogP) is 3.11. The standard InChI is InChI=1S/C19H27N3O2S/c1-3-24-18(23)21-5-4-19(11-21)6-13(7-19)22-8-14-15(9-22)17(14)16-10-25-12(2)20-16/h10,13-15,17H,3-9,11H2,1-2H3. The Morgan fingerprint density at radius 1 is 1.40 bits per heavy atom. The zero-order chi connectivity index (χ0) is 17.2. The van der Waals surface area contributed by atoms with Crippen LogP contribution in [0, 0.1) is 24.2 Å². The summed E-state index contributed by atoms with van der Waals surface area (Å²) in [5, 5.41) is 3.47. The zero-order valence-electron chi connectivity index (χ0n) is 15.1. The molecule has 0 radical (unpaired) electrons. The van der Waals surface area contributed by atoms with Crippen LogP contribution in [-0.4, -0.2) is 59.7 Å². The maximum atomic E-state index is 11.9. The molecule has 136 valence electrons. The van der Waals surface area contributed by atoms with Crippen LogP contribution in [0.15, 0.2) is 5.38 Å². The maximum Gasteiger partial charge on any atom is 0.409 e. The summed E-state index contributed by atoms with van der Waals surface area (Å²) in [5.74, 6) is 2.43. The minimum atomic E-state index is -0.119. The average Bonchev–Trinajstić information content (AvgIpc) is 3.02. The molecule has 0 aromatic carbocycles. The van der Waals surface area contributed by atoms with Gasteiger partial charge in [0, 0.05) is 43.5 Å². The van der Waals surface area contributed by atoms with Crippen LogP contribution in [0.4, 0.5) is 4.79 Å². The summed E-state index contributed by atoms with van der Waals surface area (Å²) < 4.78 is 5.16. The van der Waals surface area contributed by atoms with E-state index in [1.807, 2.05) is 11.8 Å². The largest absolute Gasteiger partial charge is 0.450 e. The van der Waals surface area contributed by atoms with Crippen LogP contribution >= 0.6 is 11.3 Å². The molecule has 4 fully saturated rings. The summed E-state index contributed by atoms with van der Waals surface area (Å²) in [6.07, 6.45) is 3.57. The molecule has 3 heterocycles. The van der Waals surface area contributed by atoms with E-state index >= 15 is 0 Å². The lowest BCUT2D eigenvalue weighted by Gasteiger charge is -2.49. The van der Waals surface area contributed by atoms with Crippen molar-refractivity contribution in [3.05, 3.63) is 16.1 Å². The fourth-order valence-corrected chi connectivity index (χ4v) is 6.33. The van der Waals surface area contributed by atoms with Crippen molar-refractivity contribution in [1.82, 2.24) is 14.8 Å². The highest BCUT2D eigenvalue weighted by Gasteiger charge is 2.60. The number of hydrogen-bond donors (Lipinski definition) is 0. The highest BCUT2D eigenvalue weighted by molar-refractivity contribution is 7.09. The number of aryl methyl sites for hydroxylation is 1. The van der Waals surface area contributed by atoms with Crippen LogP contribution in [0.2, 0.25) is 0 Å². The highest BCUT2D eigenvalue weighted by atomic mass is 32.1. The van der Waals surface area contributed by atoms with Gasteiger partial charge in [-0.15, -0.1) is 11.3 Å². The molecule has 2 aliphatic carbocycles. The van der Waals surface area contributed by atoms with Crippen molar-refractivity contribution in [2.24, 2.45) is 17.3 Å². The van der Waals surface area contributed by atoms with E-state index in [2.05, 4.69) is 17.2 Å². The number of carbonyl (C=O) groups excluding carboxylic acids is 1. The van der Waals surface area contributed by atoms with Gasteiger partial charge in [-0.2, -0.15) is 0 Å². The van der Waals surface area contributed by atoms with Gasteiger partial charge in [-0.05, 0) is 50.4 Å². The molecule has 2 unspecified atom stereocenters. The lowest BCUT2D eigenvalue weighted by atomic mass is 9.64. The molecule has 4 aliphatic rings. The highest BCUT2D eigenvalue weighted by Crippen LogP contribution is 2.60. The molecule has 2 saturated carbocycles. The van der Waals surface area contributed by atoms with E-state index in [4.69, 9.17) is 9.72 Å². The Morgan fingerprint density at radius 2 is 2.16 bits per heavy atom. The molecule has 0 bridgehead atoms. The second kappa shape index (κ2) is 5.68. The van der Waals surface area contributed by atoms with Gasteiger partial charge in [0.2, 0.25) is 0 Å². The summed E-state index contributed by atoms with van der Waals surface area (Å²) in [7, 11) is 0. The summed E-state index contributed by atoms with van der Waals surface area (Å²) in [5.41, 5.74) is 1.73. The van der Waals surface area contributed by atoms with Crippen LogP contribution in [0.1, 0.15) is 42.8 Å². The zero-order valence-corrected chi connectivity index (χ0v) is 15.9. The van der Waals surface area contributed by atoms with E-state index in [1.165, 1.54) is 36.6 Å². The minimum absolute atomic E-state index is 0.119. The van der Waals surface area contributed by atoms with Gasteiger partial charge in [0.05, 0.1) is 17.3 Å². The van der Waals surface area contributed by atoms with Crippen LogP contribution in [0.5, 0.6) is 0 Å². The molecule has 2 aliphatic heterocycles. The number of likely N-dealkylation sites (tertiary alicyclic amines) is 2. The van der Waals surface area contributed by atoms with Gasteiger partial charge < -0.3 is 9.64 Å². The number of aromatic nitrogens is 1. The second-order valence-electron chi connectivity index (χ2n) is 8.53. The Kier molecular flexibility index (Phi) is 3.65. The molecule has 1 aromatic rings. The number of amides is 1. The van der Waals surface area contributed by atoms with Crippen molar-refractivity contribution in [3.63, 3.8) is 0 Å². The van der Waals surface area contributed by atoms with Gasteiger partial charge in [-0.25, -0.2) is 9.78 Å². The third-order valence-electron chi connectivity index (χ3n) is 7.02. The number of ether oxygens (including phenoxy) is 1. The molecular formula is C19H27N3O2S. The minimum Gasteiger partial charge on any atom is -0.450 e. The van der Waals surface area contributed by atoms with E-state index < -0.39 is 0 Å². The molecule has 5 rings (SSSR count). The summed E-state index contributed by atoms with van der Waals surface area (Å²) in [6.45, 7) is 8.76. The number of rotatable bonds is 3. The number of thiazole rings is 1. The Balaban J connectivity index is 1.12. The van der Waals surface area contributed by atoms with Crippen molar-refractivity contribution in [3.8, 4) is 0 Å². The number of hydrogen-bond acceptors (Lipinski definition) is 5. The van der Waals surface area contributed by atoms with Gasteiger partial charge in [0.25, 0.3) is 0 Å². The van der Waals surface area contributed by atoms with Gasteiger partial charge in [-0.1, -0.05) is 0 Å². The SMILES string of the molecule is CCOC(=O)N1CCC2(CC(N3CC4C(C3)C4c3csc(C)n3)C2)C1. The van der Waals surface area contributed by atoms with Gasteiger partial charge >= 0.3 is 6.09 Å². The molecule has 1 amide bonds. The second-order valence-corrected chi connectivity index (χ2v) is 9.59. The Morgan fingerprint density at radius 3 is 2.80 bits per heavy atom.